The SMILES string of the molecule is O=C(NCc1ccc(C2CC2)nc1)c1cscn1. The van der Waals surface area contributed by atoms with E-state index in [4.69, 9.17) is 0 Å². The second kappa shape index (κ2) is 4.86. The van der Waals surface area contributed by atoms with Crippen LogP contribution in [-0.4, -0.2) is 15.9 Å². The molecule has 1 fully saturated rings. The van der Waals surface area contributed by atoms with Crippen molar-refractivity contribution in [3.05, 3.63) is 46.2 Å². The van der Waals surface area contributed by atoms with Gasteiger partial charge in [0.05, 0.1) is 5.51 Å². The maximum Gasteiger partial charge on any atom is 0.271 e. The van der Waals surface area contributed by atoms with Gasteiger partial charge in [-0.05, 0) is 24.5 Å². The van der Waals surface area contributed by atoms with Crippen LogP contribution < -0.4 is 5.32 Å². The number of nitrogens with one attached hydrogen (secondary N) is 1. The predicted molar refractivity (Wildman–Crippen MR) is 69.5 cm³/mol. The second-order valence-corrected chi connectivity index (χ2v) is 5.14. The van der Waals surface area contributed by atoms with E-state index in [9.17, 15) is 4.79 Å². The first-order valence-corrected chi connectivity index (χ1v) is 6.88. The van der Waals surface area contributed by atoms with E-state index < -0.39 is 0 Å². The summed E-state index contributed by atoms with van der Waals surface area (Å²) in [6.07, 6.45) is 4.36. The summed E-state index contributed by atoms with van der Waals surface area (Å²) in [5.41, 5.74) is 4.32. The number of hydrogen-bond acceptors (Lipinski definition) is 4. The zero-order valence-electron chi connectivity index (χ0n) is 9.80. The van der Waals surface area contributed by atoms with Crippen LogP contribution in [0.3, 0.4) is 0 Å². The fraction of sp³-hybridized carbons (Fsp3) is 0.308. The van der Waals surface area contributed by atoms with Gasteiger partial charge in [0.25, 0.3) is 5.91 Å². The van der Waals surface area contributed by atoms with Gasteiger partial charge in [-0.1, -0.05) is 6.07 Å². The molecule has 92 valence electrons. The Morgan fingerprint density at radius 3 is 2.89 bits per heavy atom. The molecule has 0 radical (unpaired) electrons. The molecule has 0 spiro atoms. The Balaban J connectivity index is 1.57. The molecule has 0 atom stereocenters. The first-order chi connectivity index (χ1) is 8.83. The molecule has 0 saturated heterocycles. The second-order valence-electron chi connectivity index (χ2n) is 4.42. The third kappa shape index (κ3) is 2.56. The van der Waals surface area contributed by atoms with Crippen molar-refractivity contribution in [3.63, 3.8) is 0 Å². The van der Waals surface area contributed by atoms with Gasteiger partial charge in [0.1, 0.15) is 5.69 Å². The lowest BCUT2D eigenvalue weighted by Crippen LogP contribution is -2.23. The average molecular weight is 259 g/mol. The molecule has 1 N–H and O–H groups in total. The topological polar surface area (TPSA) is 54.9 Å². The molecule has 2 aromatic heterocycles. The first kappa shape index (κ1) is 11.3. The molecule has 0 aliphatic heterocycles. The van der Waals surface area contributed by atoms with Gasteiger partial charge in [0.2, 0.25) is 0 Å². The molecule has 0 aromatic carbocycles. The van der Waals surface area contributed by atoms with Crippen LogP contribution in [0.1, 0.15) is 40.5 Å². The number of hydrogen-bond donors (Lipinski definition) is 1. The first-order valence-electron chi connectivity index (χ1n) is 5.94. The van der Waals surface area contributed by atoms with E-state index in [1.54, 1.807) is 10.9 Å². The molecular formula is C13H13N3OS. The lowest BCUT2D eigenvalue weighted by molar-refractivity contribution is 0.0946. The standard InChI is InChI=1S/C13H13N3OS/c17-13(12-7-18-8-16-12)15-6-9-1-4-11(14-5-9)10-2-3-10/h1,4-5,7-8,10H,2-3,6H2,(H,15,17). The fourth-order valence-electron chi connectivity index (χ4n) is 1.76. The summed E-state index contributed by atoms with van der Waals surface area (Å²) in [6, 6.07) is 4.09. The van der Waals surface area contributed by atoms with Crippen LogP contribution in [0.2, 0.25) is 0 Å². The summed E-state index contributed by atoms with van der Waals surface area (Å²) in [7, 11) is 0. The van der Waals surface area contributed by atoms with Crippen molar-refractivity contribution in [2.75, 3.05) is 0 Å². The molecule has 2 heterocycles. The summed E-state index contributed by atoms with van der Waals surface area (Å²) in [4.78, 5) is 20.1. The van der Waals surface area contributed by atoms with Gasteiger partial charge in [-0.25, -0.2) is 4.98 Å². The Kier molecular flexibility index (Phi) is 3.06. The highest BCUT2D eigenvalue weighted by molar-refractivity contribution is 7.07. The molecule has 0 unspecified atom stereocenters. The van der Waals surface area contributed by atoms with Crippen molar-refractivity contribution >= 4 is 17.2 Å². The van der Waals surface area contributed by atoms with E-state index in [1.165, 1.54) is 29.9 Å². The molecule has 4 nitrogen and oxygen atoms in total. The quantitative estimate of drug-likeness (QED) is 0.917. The third-order valence-electron chi connectivity index (χ3n) is 2.96. The van der Waals surface area contributed by atoms with E-state index in [2.05, 4.69) is 21.4 Å². The highest BCUT2D eigenvalue weighted by Crippen LogP contribution is 2.38. The average Bonchev–Trinajstić information content (AvgIpc) is 3.11. The Hall–Kier alpha value is -1.75. The maximum absolute atomic E-state index is 11.7. The molecule has 0 bridgehead atoms. The Labute approximate surface area is 109 Å². The van der Waals surface area contributed by atoms with E-state index in [1.807, 2.05) is 12.3 Å². The van der Waals surface area contributed by atoms with Gasteiger partial charge in [-0.3, -0.25) is 9.78 Å². The molecule has 1 aliphatic carbocycles. The van der Waals surface area contributed by atoms with Gasteiger partial charge in [-0.15, -0.1) is 11.3 Å². The number of carbonyl (C=O) groups is 1. The highest BCUT2D eigenvalue weighted by atomic mass is 32.1. The molecule has 5 heteroatoms. The minimum absolute atomic E-state index is 0.137. The molecule has 18 heavy (non-hydrogen) atoms. The van der Waals surface area contributed by atoms with Gasteiger partial charge in [-0.2, -0.15) is 0 Å². The highest BCUT2D eigenvalue weighted by Gasteiger charge is 2.24. The zero-order chi connectivity index (χ0) is 12.4. The maximum atomic E-state index is 11.7. The Bertz CT molecular complexity index is 532. The summed E-state index contributed by atoms with van der Waals surface area (Å²) in [5.74, 6) is 0.533. The lowest BCUT2D eigenvalue weighted by atomic mass is 10.2. The third-order valence-corrected chi connectivity index (χ3v) is 3.55. The molecular weight excluding hydrogens is 246 g/mol. The summed E-state index contributed by atoms with van der Waals surface area (Å²) in [5, 5.41) is 4.57. The van der Waals surface area contributed by atoms with Crippen LogP contribution in [0, 0.1) is 0 Å². The Morgan fingerprint density at radius 1 is 1.39 bits per heavy atom. The monoisotopic (exact) mass is 259 g/mol. The summed E-state index contributed by atoms with van der Waals surface area (Å²) in [6.45, 7) is 0.494. The lowest BCUT2D eigenvalue weighted by Gasteiger charge is -2.04. The summed E-state index contributed by atoms with van der Waals surface area (Å²) >= 11 is 1.42. The van der Waals surface area contributed by atoms with Gasteiger partial charge >= 0.3 is 0 Å². The van der Waals surface area contributed by atoms with Crippen LogP contribution in [-0.2, 0) is 6.54 Å². The number of amides is 1. The molecule has 3 rings (SSSR count). The van der Waals surface area contributed by atoms with E-state index >= 15 is 0 Å². The van der Waals surface area contributed by atoms with Gasteiger partial charge in [0.15, 0.2) is 0 Å². The van der Waals surface area contributed by atoms with Crippen LogP contribution in [0.5, 0.6) is 0 Å². The smallest absolute Gasteiger partial charge is 0.271 e. The Morgan fingerprint density at radius 2 is 2.28 bits per heavy atom. The molecule has 1 saturated carbocycles. The largest absolute Gasteiger partial charge is 0.347 e. The molecule has 1 aliphatic rings. The fourth-order valence-corrected chi connectivity index (χ4v) is 2.29. The number of aromatic nitrogens is 2. The van der Waals surface area contributed by atoms with Crippen LogP contribution in [0.15, 0.2) is 29.2 Å². The normalized spacial score (nSPS) is 14.4. The van der Waals surface area contributed by atoms with Gasteiger partial charge in [0, 0.05) is 29.7 Å². The van der Waals surface area contributed by atoms with Crippen molar-refractivity contribution in [1.29, 1.82) is 0 Å². The van der Waals surface area contributed by atoms with Crippen molar-refractivity contribution < 1.29 is 4.79 Å². The van der Waals surface area contributed by atoms with E-state index in [0.29, 0.717) is 18.2 Å². The van der Waals surface area contributed by atoms with Crippen molar-refractivity contribution in [3.8, 4) is 0 Å². The number of carbonyl (C=O) groups excluding carboxylic acids is 1. The minimum Gasteiger partial charge on any atom is -0.347 e. The number of rotatable bonds is 4. The van der Waals surface area contributed by atoms with Crippen molar-refractivity contribution in [2.24, 2.45) is 0 Å². The molecule has 1 amide bonds. The predicted octanol–water partition coefficient (Wildman–Crippen LogP) is 2.35. The molecule has 2 aromatic rings. The van der Waals surface area contributed by atoms with E-state index in [0.717, 1.165) is 5.56 Å². The number of thiazole rings is 1. The van der Waals surface area contributed by atoms with Crippen LogP contribution in [0.4, 0.5) is 0 Å². The minimum atomic E-state index is -0.137. The zero-order valence-corrected chi connectivity index (χ0v) is 10.6. The van der Waals surface area contributed by atoms with Crippen LogP contribution in [0.25, 0.3) is 0 Å². The van der Waals surface area contributed by atoms with E-state index in [-0.39, 0.29) is 5.91 Å². The van der Waals surface area contributed by atoms with Crippen molar-refractivity contribution in [2.45, 2.75) is 25.3 Å². The number of pyridine rings is 1. The van der Waals surface area contributed by atoms with Crippen molar-refractivity contribution in [1.82, 2.24) is 15.3 Å². The number of nitrogens with zero attached hydrogens (tertiary/aromatic N) is 2. The van der Waals surface area contributed by atoms with Gasteiger partial charge < -0.3 is 5.32 Å². The van der Waals surface area contributed by atoms with Crippen LogP contribution >= 0.6 is 11.3 Å². The summed E-state index contributed by atoms with van der Waals surface area (Å²) < 4.78 is 0.